The number of para-hydroxylation sites is 1. The van der Waals surface area contributed by atoms with E-state index in [1.54, 1.807) is 11.8 Å². The van der Waals surface area contributed by atoms with Crippen LogP contribution in [0.25, 0.3) is 0 Å². The third kappa shape index (κ3) is 6.30. The summed E-state index contributed by atoms with van der Waals surface area (Å²) in [6.45, 7) is 2.07. The van der Waals surface area contributed by atoms with Gasteiger partial charge in [0.2, 0.25) is 5.91 Å². The number of aryl methyl sites for hydroxylation is 1. The normalized spacial score (nSPS) is 9.96. The Kier molecular flexibility index (Phi) is 6.90. The first-order valence-corrected chi connectivity index (χ1v) is 8.74. The Morgan fingerprint density at radius 2 is 1.74 bits per heavy atom. The highest BCUT2D eigenvalue weighted by Gasteiger charge is 2.04. The maximum atomic E-state index is 11.8. The van der Waals surface area contributed by atoms with Crippen LogP contribution in [0.4, 0.5) is 5.69 Å². The molecule has 6 heteroatoms. The van der Waals surface area contributed by atoms with Crippen molar-refractivity contribution in [2.45, 2.75) is 12.7 Å². The van der Waals surface area contributed by atoms with Crippen LogP contribution >= 0.6 is 24.0 Å². The van der Waals surface area contributed by atoms with E-state index in [0.29, 0.717) is 10.9 Å². The molecule has 0 atom stereocenters. The zero-order valence-corrected chi connectivity index (χ0v) is 14.5. The van der Waals surface area contributed by atoms with Crippen LogP contribution in [0.2, 0.25) is 0 Å². The van der Waals surface area contributed by atoms with E-state index in [4.69, 9.17) is 12.2 Å². The van der Waals surface area contributed by atoms with Gasteiger partial charge in [0.15, 0.2) is 5.11 Å². The summed E-state index contributed by atoms with van der Waals surface area (Å²) in [4.78, 5) is 11.8. The van der Waals surface area contributed by atoms with Crippen LogP contribution in [0.3, 0.4) is 0 Å². The Hall–Kier alpha value is -2.05. The standard InChI is InChI=1S/C17H19N3OS2/c1-13-7-5-6-8-14(13)11-23-12-16(21)19-20-17(22)18-15-9-3-2-4-10-15/h2-10H,11-12H2,1H3,(H,19,21)(H2,18,20,22). The van der Waals surface area contributed by atoms with Crippen LogP contribution in [-0.2, 0) is 10.5 Å². The fraction of sp³-hybridized carbons (Fsp3) is 0.176. The highest BCUT2D eigenvalue weighted by Crippen LogP contribution is 2.15. The maximum absolute atomic E-state index is 11.8. The number of thiocarbonyl (C=S) groups is 1. The summed E-state index contributed by atoms with van der Waals surface area (Å²) in [5.74, 6) is 1.07. The van der Waals surface area contributed by atoms with E-state index in [2.05, 4.69) is 35.2 Å². The molecule has 0 aliphatic heterocycles. The first kappa shape index (κ1) is 17.3. The molecule has 0 aliphatic rings. The van der Waals surface area contributed by atoms with Gasteiger partial charge in [0.1, 0.15) is 0 Å². The van der Waals surface area contributed by atoms with Crippen molar-refractivity contribution in [2.24, 2.45) is 0 Å². The number of nitrogens with one attached hydrogen (secondary N) is 3. The number of carbonyl (C=O) groups excluding carboxylic acids is 1. The number of amides is 1. The summed E-state index contributed by atoms with van der Waals surface area (Å²) >= 11 is 6.69. The third-order valence-corrected chi connectivity index (χ3v) is 4.28. The summed E-state index contributed by atoms with van der Waals surface area (Å²) in [6, 6.07) is 17.7. The van der Waals surface area contributed by atoms with Crippen molar-refractivity contribution in [3.63, 3.8) is 0 Å². The van der Waals surface area contributed by atoms with E-state index in [0.717, 1.165) is 11.4 Å². The quantitative estimate of drug-likeness (QED) is 0.574. The monoisotopic (exact) mass is 345 g/mol. The van der Waals surface area contributed by atoms with E-state index < -0.39 is 0 Å². The molecule has 0 radical (unpaired) electrons. The summed E-state index contributed by atoms with van der Waals surface area (Å²) < 4.78 is 0. The van der Waals surface area contributed by atoms with Crippen molar-refractivity contribution in [1.82, 2.24) is 10.9 Å². The number of thioether (sulfide) groups is 1. The molecule has 0 saturated carbocycles. The second-order valence-corrected chi connectivity index (χ2v) is 6.31. The lowest BCUT2D eigenvalue weighted by Crippen LogP contribution is -2.44. The predicted octanol–water partition coefficient (Wildman–Crippen LogP) is 3.25. The van der Waals surface area contributed by atoms with Crippen LogP contribution in [0.15, 0.2) is 54.6 Å². The topological polar surface area (TPSA) is 53.2 Å². The number of rotatable bonds is 5. The molecular formula is C17H19N3OS2. The van der Waals surface area contributed by atoms with Gasteiger partial charge in [-0.25, -0.2) is 0 Å². The predicted molar refractivity (Wildman–Crippen MR) is 101 cm³/mol. The second kappa shape index (κ2) is 9.17. The molecule has 2 rings (SSSR count). The fourth-order valence-corrected chi connectivity index (χ4v) is 2.94. The van der Waals surface area contributed by atoms with Crippen molar-refractivity contribution in [3.05, 3.63) is 65.7 Å². The third-order valence-electron chi connectivity index (χ3n) is 3.10. The van der Waals surface area contributed by atoms with Crippen molar-refractivity contribution < 1.29 is 4.79 Å². The number of carbonyl (C=O) groups is 1. The van der Waals surface area contributed by atoms with Gasteiger partial charge in [-0.3, -0.25) is 15.6 Å². The first-order chi connectivity index (χ1) is 11.1. The average Bonchev–Trinajstić information content (AvgIpc) is 2.56. The van der Waals surface area contributed by atoms with E-state index in [-0.39, 0.29) is 5.91 Å². The van der Waals surface area contributed by atoms with Gasteiger partial charge in [0.05, 0.1) is 5.75 Å². The van der Waals surface area contributed by atoms with Gasteiger partial charge in [-0.2, -0.15) is 0 Å². The van der Waals surface area contributed by atoms with Gasteiger partial charge >= 0.3 is 0 Å². The van der Waals surface area contributed by atoms with Crippen molar-refractivity contribution in [3.8, 4) is 0 Å². The molecule has 0 fully saturated rings. The summed E-state index contributed by atoms with van der Waals surface area (Å²) in [5, 5.41) is 3.34. The maximum Gasteiger partial charge on any atom is 0.248 e. The van der Waals surface area contributed by atoms with Crippen molar-refractivity contribution >= 4 is 40.7 Å². The van der Waals surface area contributed by atoms with Crippen LogP contribution in [0.1, 0.15) is 11.1 Å². The number of benzene rings is 2. The molecule has 3 N–H and O–H groups in total. The summed E-state index contributed by atoms with van der Waals surface area (Å²) in [5.41, 5.74) is 8.65. The number of hydrazine groups is 1. The Labute approximate surface area is 146 Å². The van der Waals surface area contributed by atoms with Crippen LogP contribution in [0.5, 0.6) is 0 Å². The lowest BCUT2D eigenvalue weighted by molar-refractivity contribution is -0.119. The van der Waals surface area contributed by atoms with Gasteiger partial charge in [-0.05, 0) is 42.4 Å². The minimum atomic E-state index is -0.110. The molecule has 0 aliphatic carbocycles. The summed E-state index contributed by atoms with van der Waals surface area (Å²) in [7, 11) is 0. The zero-order chi connectivity index (χ0) is 16.5. The number of hydrogen-bond acceptors (Lipinski definition) is 3. The highest BCUT2D eigenvalue weighted by molar-refractivity contribution is 7.99. The van der Waals surface area contributed by atoms with Gasteiger partial charge in [0, 0.05) is 11.4 Å². The zero-order valence-electron chi connectivity index (χ0n) is 12.8. The smallest absolute Gasteiger partial charge is 0.248 e. The molecular weight excluding hydrogens is 326 g/mol. The lowest BCUT2D eigenvalue weighted by Gasteiger charge is -2.11. The molecule has 0 spiro atoms. The minimum Gasteiger partial charge on any atom is -0.331 e. The van der Waals surface area contributed by atoms with Gasteiger partial charge in [-0.15, -0.1) is 11.8 Å². The van der Waals surface area contributed by atoms with E-state index in [9.17, 15) is 4.79 Å². The molecule has 120 valence electrons. The Morgan fingerprint density at radius 3 is 2.48 bits per heavy atom. The largest absolute Gasteiger partial charge is 0.331 e. The van der Waals surface area contributed by atoms with E-state index in [1.807, 2.05) is 42.5 Å². The van der Waals surface area contributed by atoms with Crippen LogP contribution in [0, 0.1) is 6.92 Å². The number of anilines is 1. The Bertz CT molecular complexity index is 662. The molecule has 0 bridgehead atoms. The van der Waals surface area contributed by atoms with Gasteiger partial charge < -0.3 is 5.32 Å². The minimum absolute atomic E-state index is 0.110. The van der Waals surface area contributed by atoms with Crippen molar-refractivity contribution in [1.29, 1.82) is 0 Å². The number of hydrogen-bond donors (Lipinski definition) is 3. The van der Waals surface area contributed by atoms with Gasteiger partial charge in [-0.1, -0.05) is 42.5 Å². The molecule has 23 heavy (non-hydrogen) atoms. The van der Waals surface area contributed by atoms with Crippen LogP contribution < -0.4 is 16.2 Å². The molecule has 2 aromatic carbocycles. The molecule has 4 nitrogen and oxygen atoms in total. The van der Waals surface area contributed by atoms with E-state index >= 15 is 0 Å². The molecule has 0 unspecified atom stereocenters. The van der Waals surface area contributed by atoms with E-state index in [1.165, 1.54) is 11.1 Å². The SMILES string of the molecule is Cc1ccccc1CSCC(=O)NNC(=S)Nc1ccccc1. The molecule has 0 aromatic heterocycles. The summed E-state index contributed by atoms with van der Waals surface area (Å²) in [6.07, 6.45) is 0. The highest BCUT2D eigenvalue weighted by atomic mass is 32.2. The molecule has 0 saturated heterocycles. The molecule has 0 heterocycles. The Morgan fingerprint density at radius 1 is 1.04 bits per heavy atom. The van der Waals surface area contributed by atoms with Crippen LogP contribution in [-0.4, -0.2) is 16.8 Å². The average molecular weight is 345 g/mol. The van der Waals surface area contributed by atoms with Gasteiger partial charge in [0.25, 0.3) is 0 Å². The molecule has 1 amide bonds. The molecule has 2 aromatic rings. The first-order valence-electron chi connectivity index (χ1n) is 7.18. The fourth-order valence-electron chi connectivity index (χ4n) is 1.87. The second-order valence-electron chi connectivity index (χ2n) is 4.91. The Balaban J connectivity index is 1.65. The van der Waals surface area contributed by atoms with Crippen molar-refractivity contribution in [2.75, 3.05) is 11.1 Å². The lowest BCUT2D eigenvalue weighted by atomic mass is 10.1.